The molecular formula is C19H24ClNO. The second-order valence-electron chi connectivity index (χ2n) is 6.02. The highest BCUT2D eigenvalue weighted by Crippen LogP contribution is 2.20. The van der Waals surface area contributed by atoms with Gasteiger partial charge in [0.15, 0.2) is 0 Å². The number of ether oxygens (including phenoxy) is 1. The normalized spacial score (nSPS) is 12.4. The Morgan fingerprint density at radius 2 is 1.64 bits per heavy atom. The molecule has 2 aromatic rings. The summed E-state index contributed by atoms with van der Waals surface area (Å²) in [6, 6.07) is 16.5. The van der Waals surface area contributed by atoms with E-state index in [0.717, 1.165) is 30.2 Å². The van der Waals surface area contributed by atoms with E-state index in [-0.39, 0.29) is 0 Å². The molecular weight excluding hydrogens is 294 g/mol. The topological polar surface area (TPSA) is 12.5 Å². The molecule has 22 heavy (non-hydrogen) atoms. The molecule has 0 aliphatic carbocycles. The molecule has 0 radical (unpaired) electrons. The van der Waals surface area contributed by atoms with Gasteiger partial charge in [0.25, 0.3) is 0 Å². The minimum Gasteiger partial charge on any atom is -0.497 e. The molecule has 1 atom stereocenters. The lowest BCUT2D eigenvalue weighted by Crippen LogP contribution is -2.25. The molecule has 0 bridgehead atoms. The fraction of sp³-hybridized carbons (Fsp3) is 0.368. The van der Waals surface area contributed by atoms with Crippen LogP contribution in [-0.2, 0) is 12.8 Å². The van der Waals surface area contributed by atoms with Gasteiger partial charge in [0, 0.05) is 11.6 Å². The molecule has 3 heteroatoms. The van der Waals surface area contributed by atoms with Crippen LogP contribution < -0.4 is 4.74 Å². The number of hydrogen-bond acceptors (Lipinski definition) is 2. The van der Waals surface area contributed by atoms with Crippen molar-refractivity contribution in [3.63, 3.8) is 0 Å². The summed E-state index contributed by atoms with van der Waals surface area (Å²) in [5.74, 6) is 1.46. The smallest absolute Gasteiger partial charge is 0.119 e. The van der Waals surface area contributed by atoms with Gasteiger partial charge in [-0.05, 0) is 68.2 Å². The van der Waals surface area contributed by atoms with Gasteiger partial charge in [-0.25, -0.2) is 0 Å². The Balaban J connectivity index is 2.11. The maximum absolute atomic E-state index is 6.11. The molecule has 2 nitrogen and oxygen atoms in total. The minimum atomic E-state index is 0.542. The molecule has 0 N–H and O–H groups in total. The number of hydrogen-bond donors (Lipinski definition) is 0. The fourth-order valence-electron chi connectivity index (χ4n) is 2.85. The second-order valence-corrected chi connectivity index (χ2v) is 6.45. The van der Waals surface area contributed by atoms with Gasteiger partial charge in [-0.2, -0.15) is 0 Å². The summed E-state index contributed by atoms with van der Waals surface area (Å²) in [5.41, 5.74) is 2.61. The molecule has 0 saturated carbocycles. The Morgan fingerprint density at radius 1 is 1.00 bits per heavy atom. The number of halogens is 1. The highest BCUT2D eigenvalue weighted by atomic mass is 35.5. The van der Waals surface area contributed by atoms with Crippen molar-refractivity contribution in [3.05, 3.63) is 64.7 Å². The predicted molar refractivity (Wildman–Crippen MR) is 93.9 cm³/mol. The predicted octanol–water partition coefficient (Wildman–Crippen LogP) is 4.31. The van der Waals surface area contributed by atoms with Crippen LogP contribution in [0.3, 0.4) is 0 Å². The number of rotatable bonds is 7. The molecule has 0 heterocycles. The van der Waals surface area contributed by atoms with Crippen molar-refractivity contribution < 1.29 is 4.74 Å². The summed E-state index contributed by atoms with van der Waals surface area (Å²) >= 11 is 6.11. The molecule has 0 fully saturated rings. The van der Waals surface area contributed by atoms with Crippen molar-refractivity contribution in [2.75, 3.05) is 27.7 Å². The third-order valence-electron chi connectivity index (χ3n) is 3.70. The lowest BCUT2D eigenvalue weighted by Gasteiger charge is -2.21. The average Bonchev–Trinajstić information content (AvgIpc) is 2.46. The van der Waals surface area contributed by atoms with Gasteiger partial charge in [0.1, 0.15) is 5.75 Å². The van der Waals surface area contributed by atoms with Crippen LogP contribution in [0.25, 0.3) is 0 Å². The largest absolute Gasteiger partial charge is 0.497 e. The zero-order chi connectivity index (χ0) is 15.9. The number of benzene rings is 2. The maximum Gasteiger partial charge on any atom is 0.119 e. The zero-order valence-corrected chi connectivity index (χ0v) is 14.3. The Morgan fingerprint density at radius 3 is 2.23 bits per heavy atom. The van der Waals surface area contributed by atoms with E-state index in [9.17, 15) is 0 Å². The summed E-state index contributed by atoms with van der Waals surface area (Å²) in [6.45, 7) is 1.05. The van der Waals surface area contributed by atoms with Crippen LogP contribution >= 0.6 is 11.6 Å². The molecule has 2 rings (SSSR count). The molecule has 0 spiro atoms. The summed E-state index contributed by atoms with van der Waals surface area (Å²) in [4.78, 5) is 2.25. The molecule has 2 aromatic carbocycles. The number of nitrogens with zero attached hydrogens (tertiary/aromatic N) is 1. The summed E-state index contributed by atoms with van der Waals surface area (Å²) in [7, 11) is 5.95. The summed E-state index contributed by atoms with van der Waals surface area (Å²) in [6.07, 6.45) is 2.05. The first-order chi connectivity index (χ1) is 10.6. The van der Waals surface area contributed by atoms with Crippen LogP contribution in [0.4, 0.5) is 0 Å². The van der Waals surface area contributed by atoms with Crippen molar-refractivity contribution >= 4 is 11.6 Å². The highest BCUT2D eigenvalue weighted by Gasteiger charge is 2.13. The molecule has 0 aliphatic rings. The van der Waals surface area contributed by atoms with E-state index in [0.29, 0.717) is 5.92 Å². The van der Waals surface area contributed by atoms with E-state index in [4.69, 9.17) is 16.3 Å². The van der Waals surface area contributed by atoms with E-state index in [1.807, 2.05) is 18.2 Å². The van der Waals surface area contributed by atoms with E-state index in [1.54, 1.807) is 7.11 Å². The van der Waals surface area contributed by atoms with Gasteiger partial charge in [-0.15, -0.1) is 0 Å². The SMILES string of the molecule is COc1cccc(CC(Cc2cccc(Cl)c2)CN(C)C)c1. The molecule has 0 aliphatic heterocycles. The Kier molecular flexibility index (Phi) is 6.29. The van der Waals surface area contributed by atoms with Crippen LogP contribution in [0, 0.1) is 5.92 Å². The van der Waals surface area contributed by atoms with Crippen LogP contribution in [0.1, 0.15) is 11.1 Å². The molecule has 118 valence electrons. The summed E-state index contributed by atoms with van der Waals surface area (Å²) < 4.78 is 5.32. The fourth-order valence-corrected chi connectivity index (χ4v) is 3.06. The zero-order valence-electron chi connectivity index (χ0n) is 13.6. The van der Waals surface area contributed by atoms with Crippen molar-refractivity contribution in [3.8, 4) is 5.75 Å². The quantitative estimate of drug-likeness (QED) is 0.754. The first-order valence-electron chi connectivity index (χ1n) is 7.59. The van der Waals surface area contributed by atoms with E-state index < -0.39 is 0 Å². The Bertz CT molecular complexity index is 597. The number of methoxy groups -OCH3 is 1. The Hall–Kier alpha value is -1.51. The van der Waals surface area contributed by atoms with Crippen molar-refractivity contribution in [1.82, 2.24) is 4.90 Å². The molecule has 1 unspecified atom stereocenters. The van der Waals surface area contributed by atoms with E-state index in [1.165, 1.54) is 11.1 Å². The van der Waals surface area contributed by atoms with Gasteiger partial charge in [0.05, 0.1) is 7.11 Å². The van der Waals surface area contributed by atoms with Crippen molar-refractivity contribution in [2.24, 2.45) is 5.92 Å². The maximum atomic E-state index is 6.11. The van der Waals surface area contributed by atoms with Crippen molar-refractivity contribution in [2.45, 2.75) is 12.8 Å². The van der Waals surface area contributed by atoms with E-state index >= 15 is 0 Å². The molecule has 0 amide bonds. The van der Waals surface area contributed by atoms with Crippen LogP contribution in [0.2, 0.25) is 5.02 Å². The monoisotopic (exact) mass is 317 g/mol. The van der Waals surface area contributed by atoms with Gasteiger partial charge >= 0.3 is 0 Å². The second kappa shape index (κ2) is 8.21. The van der Waals surface area contributed by atoms with Crippen molar-refractivity contribution in [1.29, 1.82) is 0 Å². The highest BCUT2D eigenvalue weighted by molar-refractivity contribution is 6.30. The third-order valence-corrected chi connectivity index (χ3v) is 3.93. The van der Waals surface area contributed by atoms with Crippen LogP contribution in [0.15, 0.2) is 48.5 Å². The van der Waals surface area contributed by atoms with Crippen LogP contribution in [0.5, 0.6) is 5.75 Å². The van der Waals surface area contributed by atoms with Gasteiger partial charge < -0.3 is 9.64 Å². The minimum absolute atomic E-state index is 0.542. The van der Waals surface area contributed by atoms with E-state index in [2.05, 4.69) is 49.3 Å². The van der Waals surface area contributed by atoms with Crippen LogP contribution in [-0.4, -0.2) is 32.6 Å². The third kappa shape index (κ3) is 5.36. The van der Waals surface area contributed by atoms with Gasteiger partial charge in [-0.3, -0.25) is 0 Å². The average molecular weight is 318 g/mol. The molecule has 0 saturated heterocycles. The van der Waals surface area contributed by atoms with Gasteiger partial charge in [0.2, 0.25) is 0 Å². The lowest BCUT2D eigenvalue weighted by molar-refractivity contribution is 0.321. The molecule has 0 aromatic heterocycles. The summed E-state index contributed by atoms with van der Waals surface area (Å²) in [5, 5.41) is 0.808. The first-order valence-corrected chi connectivity index (χ1v) is 7.96. The lowest BCUT2D eigenvalue weighted by atomic mass is 9.92. The van der Waals surface area contributed by atoms with Gasteiger partial charge in [-0.1, -0.05) is 35.9 Å². The standard InChI is InChI=1S/C19H24ClNO/c1-21(2)14-17(10-15-6-4-8-18(20)12-15)11-16-7-5-9-19(13-16)22-3/h4-9,12-13,17H,10-11,14H2,1-3H3. The first kappa shape index (κ1) is 16.9. The Labute approximate surface area is 138 Å².